The molecule has 1 N–H and O–H groups in total. The van der Waals surface area contributed by atoms with Crippen molar-refractivity contribution < 1.29 is 9.18 Å². The third-order valence-electron chi connectivity index (χ3n) is 5.75. The average Bonchev–Trinajstić information content (AvgIpc) is 3.50. The molecule has 2 aromatic carbocycles. The van der Waals surface area contributed by atoms with Crippen molar-refractivity contribution in [1.29, 1.82) is 0 Å². The highest BCUT2D eigenvalue weighted by atomic mass is 19.1. The Balaban J connectivity index is 1.54. The van der Waals surface area contributed by atoms with Crippen molar-refractivity contribution in [2.45, 2.75) is 25.3 Å². The van der Waals surface area contributed by atoms with Gasteiger partial charge in [0.2, 0.25) is 0 Å². The highest BCUT2D eigenvalue weighted by Gasteiger charge is 2.30. The van der Waals surface area contributed by atoms with Gasteiger partial charge in [0.15, 0.2) is 5.69 Å². The van der Waals surface area contributed by atoms with Gasteiger partial charge in [0.25, 0.3) is 5.91 Å². The highest BCUT2D eigenvalue weighted by Crippen LogP contribution is 2.29. The number of aromatic nitrogens is 4. The molecule has 6 nitrogen and oxygen atoms in total. The van der Waals surface area contributed by atoms with Gasteiger partial charge in [0.05, 0.1) is 5.69 Å². The Hall–Kier alpha value is -3.74. The van der Waals surface area contributed by atoms with E-state index in [1.807, 2.05) is 42.1 Å². The summed E-state index contributed by atoms with van der Waals surface area (Å²) >= 11 is 0. The predicted octanol–water partition coefficient (Wildman–Crippen LogP) is 3.75. The van der Waals surface area contributed by atoms with Crippen LogP contribution in [0.1, 0.15) is 45.6 Å². The lowest BCUT2D eigenvalue weighted by Gasteiger charge is -2.19. The third-order valence-corrected chi connectivity index (χ3v) is 5.75. The SMILES string of the molecule is Cn1ccnc1C(NC(=O)c1nn(-c2ccccc2)c2c1CCC2)c1ccccc1F. The van der Waals surface area contributed by atoms with E-state index >= 15 is 0 Å². The zero-order valence-corrected chi connectivity index (χ0v) is 17.1. The molecule has 5 rings (SSSR count). The van der Waals surface area contributed by atoms with E-state index in [1.54, 1.807) is 35.2 Å². The number of rotatable bonds is 5. The summed E-state index contributed by atoms with van der Waals surface area (Å²) in [7, 11) is 1.82. The van der Waals surface area contributed by atoms with Crippen LogP contribution in [0.3, 0.4) is 0 Å². The van der Waals surface area contributed by atoms with Gasteiger partial charge in [0.1, 0.15) is 17.7 Å². The minimum absolute atomic E-state index is 0.330. The van der Waals surface area contributed by atoms with Gasteiger partial charge in [-0.25, -0.2) is 14.1 Å². The fourth-order valence-electron chi connectivity index (χ4n) is 4.25. The first-order valence-corrected chi connectivity index (χ1v) is 10.3. The number of carbonyl (C=O) groups excluding carboxylic acids is 1. The first kappa shape index (κ1) is 19.2. The Kier molecular flexibility index (Phi) is 4.86. The summed E-state index contributed by atoms with van der Waals surface area (Å²) in [6.07, 6.45) is 6.07. The van der Waals surface area contributed by atoms with Gasteiger partial charge in [-0.1, -0.05) is 36.4 Å². The number of amides is 1. The number of hydrogen-bond donors (Lipinski definition) is 1. The molecule has 0 aliphatic heterocycles. The predicted molar refractivity (Wildman–Crippen MR) is 115 cm³/mol. The molecule has 1 amide bonds. The van der Waals surface area contributed by atoms with E-state index in [-0.39, 0.29) is 5.91 Å². The van der Waals surface area contributed by atoms with Crippen molar-refractivity contribution in [3.63, 3.8) is 0 Å². The number of carbonyl (C=O) groups is 1. The van der Waals surface area contributed by atoms with Crippen LogP contribution in [0.15, 0.2) is 67.0 Å². The topological polar surface area (TPSA) is 64.7 Å². The van der Waals surface area contributed by atoms with E-state index < -0.39 is 11.9 Å². The normalized spacial score (nSPS) is 13.7. The van der Waals surface area contributed by atoms with Gasteiger partial charge >= 0.3 is 0 Å². The van der Waals surface area contributed by atoms with E-state index in [0.29, 0.717) is 17.1 Å². The van der Waals surface area contributed by atoms with Gasteiger partial charge < -0.3 is 9.88 Å². The Bertz CT molecular complexity index is 1240. The number of hydrogen-bond acceptors (Lipinski definition) is 3. The zero-order chi connectivity index (χ0) is 21.4. The van der Waals surface area contributed by atoms with Crippen LogP contribution in [-0.4, -0.2) is 25.2 Å². The summed E-state index contributed by atoms with van der Waals surface area (Å²) in [4.78, 5) is 17.8. The maximum atomic E-state index is 14.7. The fourth-order valence-corrected chi connectivity index (χ4v) is 4.25. The van der Waals surface area contributed by atoms with Crippen LogP contribution >= 0.6 is 0 Å². The molecule has 156 valence electrons. The van der Waals surface area contributed by atoms with Crippen molar-refractivity contribution >= 4 is 5.91 Å². The van der Waals surface area contributed by atoms with Crippen LogP contribution in [0.2, 0.25) is 0 Å². The molecule has 0 radical (unpaired) electrons. The van der Waals surface area contributed by atoms with Gasteiger partial charge in [0, 0.05) is 36.3 Å². The number of nitrogens with one attached hydrogen (secondary N) is 1. The van der Waals surface area contributed by atoms with Crippen molar-refractivity contribution in [1.82, 2.24) is 24.6 Å². The molecule has 0 saturated heterocycles. The van der Waals surface area contributed by atoms with Gasteiger partial charge in [-0.15, -0.1) is 0 Å². The molecule has 1 unspecified atom stereocenters. The summed E-state index contributed by atoms with van der Waals surface area (Å²) < 4.78 is 18.3. The first-order valence-electron chi connectivity index (χ1n) is 10.3. The summed E-state index contributed by atoms with van der Waals surface area (Å²) in [5.74, 6) is -0.169. The molecular formula is C24H22FN5O. The standard InChI is InChI=1S/C24H22FN5O/c1-29-15-14-26-23(29)21(17-10-5-6-12-19(17)25)27-24(31)22-18-11-7-13-20(18)30(28-22)16-8-3-2-4-9-16/h2-6,8-10,12,14-15,21H,7,11,13H2,1H3,(H,27,31). The number of para-hydroxylation sites is 1. The zero-order valence-electron chi connectivity index (χ0n) is 17.1. The molecule has 0 bridgehead atoms. The number of halogens is 1. The van der Waals surface area contributed by atoms with Gasteiger partial charge in [-0.05, 0) is 37.5 Å². The molecule has 2 heterocycles. The Morgan fingerprint density at radius 3 is 2.61 bits per heavy atom. The lowest BCUT2D eigenvalue weighted by Crippen LogP contribution is -2.32. The smallest absolute Gasteiger partial charge is 0.272 e. The molecular weight excluding hydrogens is 393 g/mol. The van der Waals surface area contributed by atoms with Crippen LogP contribution < -0.4 is 5.32 Å². The third kappa shape index (κ3) is 3.42. The van der Waals surface area contributed by atoms with Crippen LogP contribution in [0.25, 0.3) is 5.69 Å². The van der Waals surface area contributed by atoms with Gasteiger partial charge in [-0.2, -0.15) is 5.10 Å². The Labute approximate surface area is 179 Å². The molecule has 31 heavy (non-hydrogen) atoms. The van der Waals surface area contributed by atoms with Crippen molar-refractivity contribution in [3.05, 3.63) is 101 Å². The summed E-state index contributed by atoms with van der Waals surface area (Å²) in [5, 5.41) is 7.65. The van der Waals surface area contributed by atoms with E-state index in [1.165, 1.54) is 6.07 Å². The van der Waals surface area contributed by atoms with Crippen LogP contribution in [-0.2, 0) is 19.9 Å². The minimum atomic E-state index is -0.729. The molecule has 0 fully saturated rings. The van der Waals surface area contributed by atoms with E-state index in [2.05, 4.69) is 15.4 Å². The Morgan fingerprint density at radius 1 is 1.10 bits per heavy atom. The highest BCUT2D eigenvalue weighted by molar-refractivity contribution is 5.94. The molecule has 2 aromatic heterocycles. The number of nitrogens with zero attached hydrogens (tertiary/aromatic N) is 4. The average molecular weight is 415 g/mol. The van der Waals surface area contributed by atoms with Crippen molar-refractivity contribution in [3.8, 4) is 5.69 Å². The molecule has 1 aliphatic carbocycles. The van der Waals surface area contributed by atoms with E-state index in [9.17, 15) is 9.18 Å². The number of fused-ring (bicyclic) bond motifs is 1. The molecule has 1 aliphatic rings. The van der Waals surface area contributed by atoms with Gasteiger partial charge in [-0.3, -0.25) is 4.79 Å². The molecule has 7 heteroatoms. The Morgan fingerprint density at radius 2 is 1.87 bits per heavy atom. The number of imidazole rings is 1. The largest absolute Gasteiger partial charge is 0.336 e. The second-order valence-electron chi connectivity index (χ2n) is 7.70. The maximum Gasteiger partial charge on any atom is 0.272 e. The van der Waals surface area contributed by atoms with E-state index in [0.717, 1.165) is 36.2 Å². The molecule has 0 spiro atoms. The first-order chi connectivity index (χ1) is 15.1. The summed E-state index contributed by atoms with van der Waals surface area (Å²) in [6.45, 7) is 0. The molecule has 4 aromatic rings. The van der Waals surface area contributed by atoms with Crippen LogP contribution in [0.5, 0.6) is 0 Å². The minimum Gasteiger partial charge on any atom is -0.336 e. The second-order valence-corrected chi connectivity index (χ2v) is 7.70. The maximum absolute atomic E-state index is 14.7. The van der Waals surface area contributed by atoms with E-state index in [4.69, 9.17) is 0 Å². The number of aryl methyl sites for hydroxylation is 1. The molecule has 0 saturated carbocycles. The van der Waals surface area contributed by atoms with Crippen LogP contribution in [0.4, 0.5) is 4.39 Å². The fraction of sp³-hybridized carbons (Fsp3) is 0.208. The quantitative estimate of drug-likeness (QED) is 0.540. The second kappa shape index (κ2) is 7.83. The lowest BCUT2D eigenvalue weighted by molar-refractivity contribution is 0.0934. The van der Waals surface area contributed by atoms with Crippen molar-refractivity contribution in [2.24, 2.45) is 7.05 Å². The summed E-state index contributed by atoms with van der Waals surface area (Å²) in [5.41, 5.74) is 3.72. The number of benzene rings is 2. The summed E-state index contributed by atoms with van der Waals surface area (Å²) in [6, 6.07) is 15.5. The lowest BCUT2D eigenvalue weighted by atomic mass is 10.0. The van der Waals surface area contributed by atoms with Crippen molar-refractivity contribution in [2.75, 3.05) is 0 Å². The molecule has 1 atom stereocenters. The van der Waals surface area contributed by atoms with Crippen LogP contribution in [0, 0.1) is 5.82 Å². The monoisotopic (exact) mass is 415 g/mol.